The minimum atomic E-state index is -0.303. The minimum Gasteiger partial charge on any atom is -0.339 e. The molecule has 3 aromatic rings. The van der Waals surface area contributed by atoms with Crippen LogP contribution in [0, 0.1) is 0 Å². The van der Waals surface area contributed by atoms with E-state index in [4.69, 9.17) is 11.6 Å². The molecule has 3 N–H and O–H groups in total. The molecule has 0 atom stereocenters. The van der Waals surface area contributed by atoms with Crippen LogP contribution in [0.5, 0.6) is 0 Å². The lowest BCUT2D eigenvalue weighted by atomic mass is 10.2. The Morgan fingerprint density at radius 3 is 2.85 bits per heavy atom. The van der Waals surface area contributed by atoms with E-state index in [9.17, 15) is 4.79 Å². The average molecular weight is 370 g/mol. The smallest absolute Gasteiger partial charge is 0.247 e. The van der Waals surface area contributed by atoms with E-state index in [1.807, 2.05) is 13.2 Å². The molecule has 0 saturated carbocycles. The maximum absolute atomic E-state index is 11.4. The number of benzene rings is 1. The summed E-state index contributed by atoms with van der Waals surface area (Å²) in [7, 11) is 1.82. The van der Waals surface area contributed by atoms with Crippen molar-refractivity contribution in [3.63, 3.8) is 0 Å². The Labute approximate surface area is 154 Å². The van der Waals surface area contributed by atoms with Crippen LogP contribution in [0.15, 0.2) is 55.5 Å². The number of carbonyl (C=O) groups is 1. The highest BCUT2D eigenvalue weighted by atomic mass is 35.5. The number of aryl methyl sites for hydroxylation is 1. The quantitative estimate of drug-likeness (QED) is 0.575. The van der Waals surface area contributed by atoms with Crippen molar-refractivity contribution in [2.45, 2.75) is 0 Å². The van der Waals surface area contributed by atoms with E-state index in [2.05, 4.69) is 37.6 Å². The number of anilines is 5. The molecule has 3 rings (SSSR count). The van der Waals surface area contributed by atoms with Crippen molar-refractivity contribution in [1.82, 2.24) is 19.7 Å². The normalized spacial score (nSPS) is 10.2. The van der Waals surface area contributed by atoms with Crippen molar-refractivity contribution in [1.29, 1.82) is 0 Å². The third kappa shape index (κ3) is 4.37. The number of rotatable bonds is 6. The number of nitrogens with one attached hydrogen (secondary N) is 3. The van der Waals surface area contributed by atoms with E-state index in [0.717, 1.165) is 5.69 Å². The van der Waals surface area contributed by atoms with Crippen molar-refractivity contribution >= 4 is 46.3 Å². The monoisotopic (exact) mass is 369 g/mol. The van der Waals surface area contributed by atoms with E-state index < -0.39 is 0 Å². The number of amides is 1. The lowest BCUT2D eigenvalue weighted by Crippen LogP contribution is -2.07. The van der Waals surface area contributed by atoms with Gasteiger partial charge in [-0.1, -0.05) is 18.2 Å². The first-order valence-corrected chi connectivity index (χ1v) is 8.00. The zero-order valence-electron chi connectivity index (χ0n) is 13.9. The number of halogens is 1. The maximum Gasteiger partial charge on any atom is 0.247 e. The lowest BCUT2D eigenvalue weighted by Gasteiger charge is -2.11. The van der Waals surface area contributed by atoms with Gasteiger partial charge in [0.15, 0.2) is 0 Å². The number of aromatic nitrogens is 4. The molecule has 0 aliphatic carbocycles. The van der Waals surface area contributed by atoms with Gasteiger partial charge in [-0.2, -0.15) is 10.1 Å². The second kappa shape index (κ2) is 7.66. The Morgan fingerprint density at radius 1 is 1.27 bits per heavy atom. The first-order chi connectivity index (χ1) is 12.5. The van der Waals surface area contributed by atoms with E-state index >= 15 is 0 Å². The summed E-state index contributed by atoms with van der Waals surface area (Å²) in [4.78, 5) is 20.0. The summed E-state index contributed by atoms with van der Waals surface area (Å²) in [6.07, 6.45) is 6.30. The van der Waals surface area contributed by atoms with Gasteiger partial charge in [0.1, 0.15) is 5.82 Å². The number of carbonyl (C=O) groups excluding carboxylic acids is 1. The van der Waals surface area contributed by atoms with Gasteiger partial charge in [-0.05, 0) is 30.3 Å². The molecule has 26 heavy (non-hydrogen) atoms. The van der Waals surface area contributed by atoms with Crippen LogP contribution in [-0.2, 0) is 11.8 Å². The van der Waals surface area contributed by atoms with Crippen LogP contribution in [0.25, 0.3) is 0 Å². The van der Waals surface area contributed by atoms with E-state index in [1.165, 1.54) is 6.08 Å². The fraction of sp³-hybridized carbons (Fsp3) is 0.0588. The van der Waals surface area contributed by atoms with Crippen LogP contribution in [0.4, 0.5) is 28.8 Å². The Kier molecular flexibility index (Phi) is 5.14. The molecule has 0 aliphatic heterocycles. The predicted octanol–water partition coefficient (Wildman–Crippen LogP) is 3.48. The Hall–Kier alpha value is -3.39. The SMILES string of the molecule is C=CC(=O)Nc1ccc(Cl)c(Nc2ccnc(Nc3cnn(C)c3)n2)c1. The summed E-state index contributed by atoms with van der Waals surface area (Å²) in [5.41, 5.74) is 1.96. The topological polar surface area (TPSA) is 96.8 Å². The van der Waals surface area contributed by atoms with Gasteiger partial charge in [0.2, 0.25) is 11.9 Å². The molecular weight excluding hydrogens is 354 g/mol. The largest absolute Gasteiger partial charge is 0.339 e. The number of hydrogen-bond acceptors (Lipinski definition) is 6. The van der Waals surface area contributed by atoms with Crippen LogP contribution in [0.2, 0.25) is 5.02 Å². The molecule has 0 fully saturated rings. The molecule has 9 heteroatoms. The molecule has 132 valence electrons. The van der Waals surface area contributed by atoms with E-state index in [-0.39, 0.29) is 5.91 Å². The van der Waals surface area contributed by atoms with Crippen LogP contribution < -0.4 is 16.0 Å². The molecule has 8 nitrogen and oxygen atoms in total. The number of nitrogens with zero attached hydrogens (tertiary/aromatic N) is 4. The van der Waals surface area contributed by atoms with Gasteiger partial charge in [-0.15, -0.1) is 0 Å². The van der Waals surface area contributed by atoms with Crippen molar-refractivity contribution in [2.75, 3.05) is 16.0 Å². The highest BCUT2D eigenvalue weighted by Crippen LogP contribution is 2.28. The molecule has 0 aliphatic rings. The predicted molar refractivity (Wildman–Crippen MR) is 102 cm³/mol. The molecule has 0 saturated heterocycles. The van der Waals surface area contributed by atoms with Gasteiger partial charge in [-0.25, -0.2) is 4.98 Å². The summed E-state index contributed by atoms with van der Waals surface area (Å²) < 4.78 is 1.67. The Morgan fingerprint density at radius 2 is 2.12 bits per heavy atom. The Balaban J connectivity index is 1.78. The fourth-order valence-electron chi connectivity index (χ4n) is 2.13. The fourth-order valence-corrected chi connectivity index (χ4v) is 2.30. The van der Waals surface area contributed by atoms with Gasteiger partial charge < -0.3 is 16.0 Å². The first-order valence-electron chi connectivity index (χ1n) is 7.62. The van der Waals surface area contributed by atoms with Gasteiger partial charge >= 0.3 is 0 Å². The van der Waals surface area contributed by atoms with Crippen molar-refractivity contribution < 1.29 is 4.79 Å². The summed E-state index contributed by atoms with van der Waals surface area (Å²) >= 11 is 6.22. The molecule has 1 aromatic carbocycles. The van der Waals surface area contributed by atoms with Crippen LogP contribution in [0.3, 0.4) is 0 Å². The third-order valence-corrected chi connectivity index (χ3v) is 3.63. The second-order valence-corrected chi connectivity index (χ2v) is 5.71. The highest BCUT2D eigenvalue weighted by molar-refractivity contribution is 6.33. The minimum absolute atomic E-state index is 0.303. The maximum atomic E-state index is 11.4. The molecule has 1 amide bonds. The zero-order valence-corrected chi connectivity index (χ0v) is 14.7. The molecule has 0 radical (unpaired) electrons. The molecule has 2 heterocycles. The first kappa shape index (κ1) is 17.4. The molecular formula is C17H16ClN7O. The highest BCUT2D eigenvalue weighted by Gasteiger charge is 2.07. The second-order valence-electron chi connectivity index (χ2n) is 5.31. The van der Waals surface area contributed by atoms with Crippen LogP contribution in [-0.4, -0.2) is 25.7 Å². The van der Waals surface area contributed by atoms with Crippen LogP contribution in [0.1, 0.15) is 0 Å². The van der Waals surface area contributed by atoms with Crippen molar-refractivity contribution in [2.24, 2.45) is 7.05 Å². The number of hydrogen-bond donors (Lipinski definition) is 3. The van der Waals surface area contributed by atoms with Crippen molar-refractivity contribution in [3.8, 4) is 0 Å². The summed E-state index contributed by atoms with van der Waals surface area (Å²) in [6.45, 7) is 3.43. The van der Waals surface area contributed by atoms with Crippen molar-refractivity contribution in [3.05, 3.63) is 60.5 Å². The van der Waals surface area contributed by atoms with Crippen LogP contribution >= 0.6 is 11.6 Å². The Bertz CT molecular complexity index is 954. The lowest BCUT2D eigenvalue weighted by molar-refractivity contribution is -0.111. The summed E-state index contributed by atoms with van der Waals surface area (Å²) in [6, 6.07) is 6.79. The standard InChI is InChI=1S/C17H16ClN7O/c1-3-16(26)21-11-4-5-13(18)14(8-11)23-15-6-7-19-17(24-15)22-12-9-20-25(2)10-12/h3-10H,1H2,2H3,(H,21,26)(H2,19,22,23,24). The average Bonchev–Trinajstić information content (AvgIpc) is 3.03. The van der Waals surface area contributed by atoms with Gasteiger partial charge in [0.05, 0.1) is 22.6 Å². The van der Waals surface area contributed by atoms with E-state index in [1.54, 1.807) is 41.3 Å². The van der Waals surface area contributed by atoms with E-state index in [0.29, 0.717) is 28.2 Å². The molecule has 0 unspecified atom stereocenters. The summed E-state index contributed by atoms with van der Waals surface area (Å²) in [5, 5.41) is 13.4. The zero-order chi connectivity index (χ0) is 18.5. The third-order valence-electron chi connectivity index (χ3n) is 3.30. The van der Waals surface area contributed by atoms with Gasteiger partial charge in [-0.3, -0.25) is 9.48 Å². The molecule has 0 spiro atoms. The molecule has 2 aromatic heterocycles. The molecule has 0 bridgehead atoms. The summed E-state index contributed by atoms with van der Waals surface area (Å²) in [5.74, 6) is 0.652. The van der Waals surface area contributed by atoms with Gasteiger partial charge in [0.25, 0.3) is 0 Å². The van der Waals surface area contributed by atoms with Gasteiger partial charge in [0, 0.05) is 25.1 Å².